The van der Waals surface area contributed by atoms with Crippen LogP contribution in [0.1, 0.15) is 45.4 Å². The average Bonchev–Trinajstić information content (AvgIpc) is 2.77. The molecule has 4 heteroatoms. The molecule has 1 aromatic rings. The zero-order chi connectivity index (χ0) is 14.1. The van der Waals surface area contributed by atoms with E-state index in [4.69, 9.17) is 0 Å². The predicted octanol–water partition coefficient (Wildman–Crippen LogP) is 2.64. The fourth-order valence-electron chi connectivity index (χ4n) is 3.07. The monoisotopic (exact) mass is 259 g/mol. The summed E-state index contributed by atoms with van der Waals surface area (Å²) in [5.74, 6) is 1.05. The van der Waals surface area contributed by atoms with Crippen LogP contribution in [0, 0.1) is 22.2 Å². The molecular formula is C15H21N3O. The van der Waals surface area contributed by atoms with Gasteiger partial charge in [-0.1, -0.05) is 20.3 Å². The zero-order valence-electron chi connectivity index (χ0n) is 11.9. The molecule has 0 aliphatic heterocycles. The number of carbonyl (C=O) groups excluding carboxylic acids is 1. The maximum atomic E-state index is 12.6. The zero-order valence-corrected chi connectivity index (χ0v) is 11.9. The summed E-state index contributed by atoms with van der Waals surface area (Å²) in [4.78, 5) is 16.9. The van der Waals surface area contributed by atoms with Gasteiger partial charge in [0.25, 0.3) is 0 Å². The largest absolute Gasteiger partial charge is 0.338 e. The van der Waals surface area contributed by atoms with Gasteiger partial charge < -0.3 is 4.57 Å². The summed E-state index contributed by atoms with van der Waals surface area (Å²) < 4.78 is 1.95. The molecule has 19 heavy (non-hydrogen) atoms. The number of hydrogen-bond donors (Lipinski definition) is 0. The van der Waals surface area contributed by atoms with Crippen molar-refractivity contribution in [2.45, 2.75) is 46.0 Å². The summed E-state index contributed by atoms with van der Waals surface area (Å²) in [5, 5.41) is 9.54. The van der Waals surface area contributed by atoms with Gasteiger partial charge in [0.15, 0.2) is 5.78 Å². The molecule has 0 aromatic carbocycles. The van der Waals surface area contributed by atoms with Crippen LogP contribution < -0.4 is 0 Å². The Bertz CT molecular complexity index is 524. The number of aryl methyl sites for hydroxylation is 2. The molecule has 0 N–H and O–H groups in total. The van der Waals surface area contributed by atoms with Crippen LogP contribution >= 0.6 is 0 Å². The van der Waals surface area contributed by atoms with E-state index in [-0.39, 0.29) is 11.2 Å². The van der Waals surface area contributed by atoms with Gasteiger partial charge in [-0.05, 0) is 19.3 Å². The lowest BCUT2D eigenvalue weighted by atomic mass is 9.61. The van der Waals surface area contributed by atoms with Crippen LogP contribution in [0.25, 0.3) is 0 Å². The second-order valence-electron chi connectivity index (χ2n) is 6.21. The first-order valence-electron chi connectivity index (χ1n) is 6.84. The van der Waals surface area contributed by atoms with Crippen LogP contribution in [-0.2, 0) is 18.3 Å². The standard InChI is InChI=1S/C15H21N3O/c1-14(2)6-4-7-15(11-16,13(14)19)8-5-12-17-9-10-18(12)3/h9-10H,4-8H2,1-3H3. The van der Waals surface area contributed by atoms with E-state index in [9.17, 15) is 10.1 Å². The second-order valence-corrected chi connectivity index (χ2v) is 6.21. The van der Waals surface area contributed by atoms with Crippen molar-refractivity contribution in [1.29, 1.82) is 5.26 Å². The van der Waals surface area contributed by atoms with E-state index < -0.39 is 5.41 Å². The van der Waals surface area contributed by atoms with Gasteiger partial charge in [0, 0.05) is 31.3 Å². The van der Waals surface area contributed by atoms with Crippen LogP contribution in [0.15, 0.2) is 12.4 Å². The van der Waals surface area contributed by atoms with Gasteiger partial charge in [-0.2, -0.15) is 5.26 Å². The second kappa shape index (κ2) is 4.80. The molecule has 0 bridgehead atoms. The summed E-state index contributed by atoms with van der Waals surface area (Å²) in [5.41, 5.74) is -1.18. The first-order chi connectivity index (χ1) is 8.91. The first-order valence-corrected chi connectivity index (χ1v) is 6.84. The van der Waals surface area contributed by atoms with E-state index in [2.05, 4.69) is 11.1 Å². The molecule has 0 saturated heterocycles. The van der Waals surface area contributed by atoms with Crippen molar-refractivity contribution in [3.05, 3.63) is 18.2 Å². The van der Waals surface area contributed by atoms with Gasteiger partial charge in [-0.15, -0.1) is 0 Å². The highest BCUT2D eigenvalue weighted by Gasteiger charge is 2.48. The third kappa shape index (κ3) is 2.42. The number of Topliss-reactive ketones (excluding diaryl/α,β-unsaturated/α-hetero) is 1. The highest BCUT2D eigenvalue weighted by atomic mass is 16.1. The number of ketones is 1. The van der Waals surface area contributed by atoms with Crippen molar-refractivity contribution in [2.75, 3.05) is 0 Å². The highest BCUT2D eigenvalue weighted by molar-refractivity contribution is 5.92. The van der Waals surface area contributed by atoms with Gasteiger partial charge in [-0.3, -0.25) is 4.79 Å². The van der Waals surface area contributed by atoms with Gasteiger partial charge >= 0.3 is 0 Å². The lowest BCUT2D eigenvalue weighted by Crippen LogP contribution is -2.44. The molecule has 4 nitrogen and oxygen atoms in total. The molecule has 1 aliphatic rings. The highest BCUT2D eigenvalue weighted by Crippen LogP contribution is 2.45. The van der Waals surface area contributed by atoms with Crippen LogP contribution in [0.3, 0.4) is 0 Å². The predicted molar refractivity (Wildman–Crippen MR) is 72.2 cm³/mol. The maximum absolute atomic E-state index is 12.6. The Balaban J connectivity index is 2.17. The first kappa shape index (κ1) is 13.8. The van der Waals surface area contributed by atoms with E-state index in [1.54, 1.807) is 6.20 Å². The number of nitrogens with zero attached hydrogens (tertiary/aromatic N) is 3. The van der Waals surface area contributed by atoms with E-state index >= 15 is 0 Å². The van der Waals surface area contributed by atoms with Gasteiger partial charge in [0.1, 0.15) is 11.2 Å². The summed E-state index contributed by atoms with van der Waals surface area (Å²) in [7, 11) is 1.94. The van der Waals surface area contributed by atoms with Crippen molar-refractivity contribution < 1.29 is 4.79 Å². The summed E-state index contributed by atoms with van der Waals surface area (Å²) in [6, 6.07) is 2.32. The summed E-state index contributed by atoms with van der Waals surface area (Å²) in [6.07, 6.45) is 7.43. The molecule has 1 saturated carbocycles. The minimum absolute atomic E-state index is 0.114. The number of hydrogen-bond acceptors (Lipinski definition) is 3. The van der Waals surface area contributed by atoms with Crippen molar-refractivity contribution in [3.8, 4) is 6.07 Å². The lowest BCUT2D eigenvalue weighted by molar-refractivity contribution is -0.138. The Labute approximate surface area is 114 Å². The minimum Gasteiger partial charge on any atom is -0.338 e. The number of carbonyl (C=O) groups is 1. The molecule has 2 rings (SSSR count). The van der Waals surface area contributed by atoms with Crippen LogP contribution in [0.5, 0.6) is 0 Å². The Morgan fingerprint density at radius 2 is 2.21 bits per heavy atom. The molecule has 1 aromatic heterocycles. The smallest absolute Gasteiger partial charge is 0.158 e. The third-order valence-electron chi connectivity index (χ3n) is 4.37. The molecule has 1 aliphatic carbocycles. The molecule has 0 amide bonds. The fourth-order valence-corrected chi connectivity index (χ4v) is 3.07. The number of imidazole rings is 1. The number of nitriles is 1. The van der Waals surface area contributed by atoms with E-state index in [0.717, 1.165) is 18.7 Å². The number of aromatic nitrogens is 2. The molecule has 1 unspecified atom stereocenters. The van der Waals surface area contributed by atoms with Crippen molar-refractivity contribution in [3.63, 3.8) is 0 Å². The van der Waals surface area contributed by atoms with Crippen molar-refractivity contribution in [1.82, 2.24) is 9.55 Å². The van der Waals surface area contributed by atoms with E-state index in [1.165, 1.54) is 0 Å². The van der Waals surface area contributed by atoms with Gasteiger partial charge in [0.05, 0.1) is 6.07 Å². The van der Waals surface area contributed by atoms with Gasteiger partial charge in [-0.25, -0.2) is 4.98 Å². The molecular weight excluding hydrogens is 238 g/mol. The average molecular weight is 259 g/mol. The van der Waals surface area contributed by atoms with Crippen LogP contribution in [0.2, 0.25) is 0 Å². The van der Waals surface area contributed by atoms with E-state index in [1.807, 2.05) is 31.7 Å². The van der Waals surface area contributed by atoms with Gasteiger partial charge in [0.2, 0.25) is 0 Å². The maximum Gasteiger partial charge on any atom is 0.158 e. The minimum atomic E-state index is -0.812. The third-order valence-corrected chi connectivity index (χ3v) is 4.37. The Hall–Kier alpha value is -1.63. The Kier molecular flexibility index (Phi) is 3.49. The van der Waals surface area contributed by atoms with Crippen LogP contribution in [0.4, 0.5) is 0 Å². The Morgan fingerprint density at radius 1 is 1.47 bits per heavy atom. The lowest BCUT2D eigenvalue weighted by Gasteiger charge is -2.38. The fraction of sp³-hybridized carbons (Fsp3) is 0.667. The quantitative estimate of drug-likeness (QED) is 0.838. The van der Waals surface area contributed by atoms with Crippen molar-refractivity contribution >= 4 is 5.78 Å². The number of rotatable bonds is 3. The molecule has 102 valence electrons. The molecule has 1 fully saturated rings. The molecule has 0 radical (unpaired) electrons. The summed E-state index contributed by atoms with van der Waals surface area (Å²) in [6.45, 7) is 3.92. The van der Waals surface area contributed by atoms with Crippen molar-refractivity contribution in [2.24, 2.45) is 17.9 Å². The normalized spacial score (nSPS) is 26.1. The molecule has 1 atom stereocenters. The SMILES string of the molecule is Cn1ccnc1CCC1(C#N)CCCC(C)(C)C1=O. The summed E-state index contributed by atoms with van der Waals surface area (Å²) >= 11 is 0. The van der Waals surface area contributed by atoms with Crippen LogP contribution in [-0.4, -0.2) is 15.3 Å². The Morgan fingerprint density at radius 3 is 2.79 bits per heavy atom. The molecule has 0 spiro atoms. The molecule has 1 heterocycles. The van der Waals surface area contributed by atoms with E-state index in [0.29, 0.717) is 19.3 Å². The topological polar surface area (TPSA) is 58.7 Å².